The largest absolute Gasteiger partial charge is 0.480 e. The summed E-state index contributed by atoms with van der Waals surface area (Å²) >= 11 is 9.23. The third kappa shape index (κ3) is 3.55. The van der Waals surface area contributed by atoms with Gasteiger partial charge in [-0.25, -0.2) is 4.68 Å². The van der Waals surface area contributed by atoms with Gasteiger partial charge in [-0.1, -0.05) is 32.7 Å². The molecule has 1 aromatic carbocycles. The molecular formula is C11H8BrClN4O3. The summed E-state index contributed by atoms with van der Waals surface area (Å²) < 4.78 is 1.84. The van der Waals surface area contributed by atoms with Gasteiger partial charge in [-0.05, 0) is 18.2 Å². The van der Waals surface area contributed by atoms with Gasteiger partial charge in [-0.15, -0.1) is 5.10 Å². The first kappa shape index (κ1) is 14.5. The number of carboxylic acids is 1. The molecule has 0 aliphatic rings. The zero-order valence-electron chi connectivity index (χ0n) is 9.88. The van der Waals surface area contributed by atoms with E-state index in [2.05, 4.69) is 31.6 Å². The average Bonchev–Trinajstić information content (AvgIpc) is 2.80. The summed E-state index contributed by atoms with van der Waals surface area (Å²) in [4.78, 5) is 22.4. The van der Waals surface area contributed by atoms with E-state index in [9.17, 15) is 9.59 Å². The lowest BCUT2D eigenvalue weighted by Crippen LogP contribution is -2.13. The Labute approximate surface area is 126 Å². The second-order valence-corrected chi connectivity index (χ2v) is 5.10. The molecular weight excluding hydrogens is 352 g/mol. The van der Waals surface area contributed by atoms with E-state index in [-0.39, 0.29) is 12.2 Å². The highest BCUT2D eigenvalue weighted by molar-refractivity contribution is 9.10. The van der Waals surface area contributed by atoms with Gasteiger partial charge >= 0.3 is 5.97 Å². The SMILES string of the molecule is O=C(O)Cn1cc(C(=O)Nc2ccc(Br)cc2Cl)nn1. The Hall–Kier alpha value is -1.93. The number of nitrogens with one attached hydrogen (secondary N) is 1. The van der Waals surface area contributed by atoms with Crippen LogP contribution >= 0.6 is 27.5 Å². The minimum Gasteiger partial charge on any atom is -0.480 e. The Morgan fingerprint density at radius 1 is 1.45 bits per heavy atom. The molecule has 1 amide bonds. The quantitative estimate of drug-likeness (QED) is 0.870. The molecule has 0 saturated heterocycles. The number of anilines is 1. The smallest absolute Gasteiger partial charge is 0.325 e. The van der Waals surface area contributed by atoms with Crippen LogP contribution in [0, 0.1) is 0 Å². The molecule has 9 heteroatoms. The average molecular weight is 360 g/mol. The van der Waals surface area contributed by atoms with Crippen LogP contribution in [-0.4, -0.2) is 32.0 Å². The van der Waals surface area contributed by atoms with Crippen molar-refractivity contribution in [1.29, 1.82) is 0 Å². The molecule has 0 spiro atoms. The molecule has 7 nitrogen and oxygen atoms in total. The molecule has 0 saturated carbocycles. The third-order valence-electron chi connectivity index (χ3n) is 2.25. The van der Waals surface area contributed by atoms with E-state index in [1.807, 2.05) is 0 Å². The Bertz CT molecular complexity index is 673. The molecule has 0 radical (unpaired) electrons. The molecule has 2 N–H and O–H groups in total. The van der Waals surface area contributed by atoms with Crippen LogP contribution in [0.15, 0.2) is 28.9 Å². The van der Waals surface area contributed by atoms with E-state index >= 15 is 0 Å². The molecule has 1 heterocycles. The van der Waals surface area contributed by atoms with E-state index in [1.54, 1.807) is 18.2 Å². The van der Waals surface area contributed by atoms with E-state index in [0.717, 1.165) is 9.15 Å². The monoisotopic (exact) mass is 358 g/mol. The van der Waals surface area contributed by atoms with Gasteiger partial charge in [0.1, 0.15) is 6.54 Å². The first-order chi connectivity index (χ1) is 9.45. The van der Waals surface area contributed by atoms with Crippen LogP contribution in [0.1, 0.15) is 10.5 Å². The molecule has 0 unspecified atom stereocenters. The molecule has 1 aromatic heterocycles. The highest BCUT2D eigenvalue weighted by Crippen LogP contribution is 2.25. The number of aromatic nitrogens is 3. The lowest BCUT2D eigenvalue weighted by molar-refractivity contribution is -0.137. The Balaban J connectivity index is 2.11. The number of rotatable bonds is 4. The molecule has 0 aliphatic heterocycles. The van der Waals surface area contributed by atoms with Gasteiger partial charge in [0, 0.05) is 4.47 Å². The topological polar surface area (TPSA) is 97.1 Å². The number of carbonyl (C=O) groups is 2. The van der Waals surface area contributed by atoms with Crippen LogP contribution in [0.25, 0.3) is 0 Å². The minimum atomic E-state index is -1.07. The number of nitrogens with zero attached hydrogens (tertiary/aromatic N) is 3. The maximum atomic E-state index is 11.9. The van der Waals surface area contributed by atoms with Crippen molar-refractivity contribution in [3.05, 3.63) is 39.6 Å². The summed E-state index contributed by atoms with van der Waals surface area (Å²) in [5.41, 5.74) is 0.429. The number of amides is 1. The van der Waals surface area contributed by atoms with Crippen LogP contribution in [0.5, 0.6) is 0 Å². The number of hydrogen-bond acceptors (Lipinski definition) is 4. The predicted octanol–water partition coefficient (Wildman–Crippen LogP) is 2.03. The molecule has 0 bridgehead atoms. The summed E-state index contributed by atoms with van der Waals surface area (Å²) in [6, 6.07) is 4.99. The fraction of sp³-hybridized carbons (Fsp3) is 0.0909. The van der Waals surface area contributed by atoms with Gasteiger partial charge < -0.3 is 10.4 Å². The van der Waals surface area contributed by atoms with Crippen molar-refractivity contribution in [3.63, 3.8) is 0 Å². The minimum absolute atomic E-state index is 0.00485. The van der Waals surface area contributed by atoms with Crippen LogP contribution in [-0.2, 0) is 11.3 Å². The zero-order chi connectivity index (χ0) is 14.7. The van der Waals surface area contributed by atoms with Gasteiger partial charge in [-0.3, -0.25) is 9.59 Å². The van der Waals surface area contributed by atoms with Crippen LogP contribution < -0.4 is 5.32 Å². The van der Waals surface area contributed by atoms with Gasteiger partial charge in [0.15, 0.2) is 5.69 Å². The maximum Gasteiger partial charge on any atom is 0.325 e. The molecule has 0 fully saturated rings. The molecule has 20 heavy (non-hydrogen) atoms. The number of halogens is 2. The number of carboxylic acid groups (broad SMARTS) is 1. The van der Waals surface area contributed by atoms with Gasteiger partial charge in [-0.2, -0.15) is 0 Å². The highest BCUT2D eigenvalue weighted by atomic mass is 79.9. The Morgan fingerprint density at radius 2 is 2.20 bits per heavy atom. The fourth-order valence-electron chi connectivity index (χ4n) is 1.40. The summed E-state index contributed by atoms with van der Waals surface area (Å²) in [6.45, 7) is -0.362. The predicted molar refractivity (Wildman–Crippen MR) is 74.8 cm³/mol. The van der Waals surface area contributed by atoms with Crippen molar-refractivity contribution >= 4 is 45.1 Å². The van der Waals surface area contributed by atoms with E-state index in [0.29, 0.717) is 10.7 Å². The molecule has 104 valence electrons. The summed E-state index contributed by atoms with van der Waals surface area (Å²) in [5, 5.41) is 18.7. The Morgan fingerprint density at radius 3 is 2.85 bits per heavy atom. The van der Waals surface area contributed by atoms with Crippen molar-refractivity contribution in [1.82, 2.24) is 15.0 Å². The first-order valence-corrected chi connectivity index (χ1v) is 6.51. The highest BCUT2D eigenvalue weighted by Gasteiger charge is 2.13. The summed E-state index contributed by atoms with van der Waals surface area (Å²) in [6.07, 6.45) is 1.25. The zero-order valence-corrected chi connectivity index (χ0v) is 12.2. The third-order valence-corrected chi connectivity index (χ3v) is 3.05. The van der Waals surface area contributed by atoms with Crippen LogP contribution in [0.3, 0.4) is 0 Å². The standard InChI is InChI=1S/C11H8BrClN4O3/c12-6-1-2-8(7(13)3-6)14-11(20)9-4-17(16-15-9)5-10(18)19/h1-4H,5H2,(H,14,20)(H,18,19). The van der Waals surface area contributed by atoms with Gasteiger partial charge in [0.05, 0.1) is 16.9 Å². The lowest BCUT2D eigenvalue weighted by Gasteiger charge is -2.05. The number of benzene rings is 1. The Kier molecular flexibility index (Phi) is 4.35. The molecule has 0 atom stereocenters. The lowest BCUT2D eigenvalue weighted by atomic mass is 10.3. The van der Waals surface area contributed by atoms with E-state index in [1.165, 1.54) is 6.20 Å². The van der Waals surface area contributed by atoms with Crippen LogP contribution in [0.4, 0.5) is 5.69 Å². The van der Waals surface area contributed by atoms with Crippen molar-refractivity contribution in [2.45, 2.75) is 6.54 Å². The van der Waals surface area contributed by atoms with Crippen LogP contribution in [0.2, 0.25) is 5.02 Å². The number of hydrogen-bond donors (Lipinski definition) is 2. The fourth-order valence-corrected chi connectivity index (χ4v) is 2.12. The van der Waals surface area contributed by atoms with Crippen molar-refractivity contribution in [2.24, 2.45) is 0 Å². The van der Waals surface area contributed by atoms with Crippen molar-refractivity contribution in [3.8, 4) is 0 Å². The second-order valence-electron chi connectivity index (χ2n) is 3.77. The van der Waals surface area contributed by atoms with Gasteiger partial charge in [0.25, 0.3) is 5.91 Å². The van der Waals surface area contributed by atoms with Gasteiger partial charge in [0.2, 0.25) is 0 Å². The number of carbonyl (C=O) groups excluding carboxylic acids is 1. The number of aliphatic carboxylic acids is 1. The maximum absolute atomic E-state index is 11.9. The van der Waals surface area contributed by atoms with Crippen molar-refractivity contribution < 1.29 is 14.7 Å². The molecule has 2 aromatic rings. The summed E-state index contributed by atoms with van der Waals surface area (Å²) in [5.74, 6) is -1.59. The first-order valence-electron chi connectivity index (χ1n) is 5.34. The normalized spacial score (nSPS) is 10.3. The molecule has 2 rings (SSSR count). The molecule has 0 aliphatic carbocycles. The summed E-state index contributed by atoms with van der Waals surface area (Å²) in [7, 11) is 0. The van der Waals surface area contributed by atoms with Crippen molar-refractivity contribution in [2.75, 3.05) is 5.32 Å². The van der Waals surface area contributed by atoms with E-state index in [4.69, 9.17) is 16.7 Å². The van der Waals surface area contributed by atoms with E-state index < -0.39 is 11.9 Å². The second kappa shape index (κ2) is 6.02.